The van der Waals surface area contributed by atoms with Crippen LogP contribution in [0.3, 0.4) is 0 Å². The highest BCUT2D eigenvalue weighted by molar-refractivity contribution is 5.80. The molecule has 2 N–H and O–H groups in total. The predicted octanol–water partition coefficient (Wildman–Crippen LogP) is 2.39. The fourth-order valence-corrected chi connectivity index (χ4v) is 3.41. The van der Waals surface area contributed by atoms with Crippen LogP contribution < -0.4 is 0 Å². The van der Waals surface area contributed by atoms with Crippen LogP contribution in [0.2, 0.25) is 0 Å². The van der Waals surface area contributed by atoms with Gasteiger partial charge < -0.3 is 15.0 Å². The molecule has 0 bridgehead atoms. The molecule has 1 aliphatic carbocycles. The number of fused-ring (bicyclic) bond motifs is 1. The maximum atomic E-state index is 12.6. The molecule has 2 aliphatic rings. The van der Waals surface area contributed by atoms with E-state index in [1.165, 1.54) is 0 Å². The second kappa shape index (κ2) is 5.16. The number of amides is 1. The lowest BCUT2D eigenvalue weighted by molar-refractivity contribution is -0.139. The molecule has 0 saturated heterocycles. The van der Waals surface area contributed by atoms with Gasteiger partial charge in [0.2, 0.25) is 5.91 Å². The van der Waals surface area contributed by atoms with Gasteiger partial charge in [-0.3, -0.25) is 4.79 Å². The summed E-state index contributed by atoms with van der Waals surface area (Å²) in [5, 5.41) is 9.74. The van der Waals surface area contributed by atoms with E-state index >= 15 is 0 Å². The monoisotopic (exact) mass is 297 g/mol. The molecule has 2 aromatic rings. The molecule has 5 nitrogen and oxygen atoms in total. The summed E-state index contributed by atoms with van der Waals surface area (Å²) in [4.78, 5) is 22.1. The zero-order valence-corrected chi connectivity index (χ0v) is 12.3. The number of hydrogen-bond acceptors (Lipinski definition) is 3. The van der Waals surface area contributed by atoms with Crippen LogP contribution >= 0.6 is 0 Å². The number of benzene rings is 1. The van der Waals surface area contributed by atoms with Crippen LogP contribution in [-0.2, 0) is 11.3 Å². The Hall–Kier alpha value is -2.30. The molecular weight excluding hydrogens is 278 g/mol. The number of imidazole rings is 1. The summed E-state index contributed by atoms with van der Waals surface area (Å²) in [5.41, 5.74) is 3.00. The second-order valence-electron chi connectivity index (χ2n) is 6.26. The van der Waals surface area contributed by atoms with Crippen molar-refractivity contribution in [2.24, 2.45) is 5.92 Å². The van der Waals surface area contributed by atoms with Gasteiger partial charge in [0.25, 0.3) is 0 Å². The predicted molar refractivity (Wildman–Crippen MR) is 81.3 cm³/mol. The molecule has 4 rings (SSSR count). The van der Waals surface area contributed by atoms with E-state index in [9.17, 15) is 9.90 Å². The van der Waals surface area contributed by atoms with Crippen LogP contribution in [0.5, 0.6) is 5.75 Å². The van der Waals surface area contributed by atoms with Crippen LogP contribution in [0.4, 0.5) is 0 Å². The van der Waals surface area contributed by atoms with Crippen molar-refractivity contribution in [2.75, 3.05) is 6.54 Å². The number of rotatable bonds is 2. The minimum absolute atomic E-state index is 0.0196. The standard InChI is InChI=1S/C17H19N3O2/c21-13-6-2-5-12(7-13)14-8-20(17(22)11-3-1-4-11)9-15-16(14)19-10-18-15/h2,5-7,10-11,14,21H,1,3-4,8-9H2,(H,18,19). The van der Waals surface area contributed by atoms with E-state index in [1.807, 2.05) is 17.0 Å². The number of carbonyl (C=O) groups is 1. The first kappa shape index (κ1) is 13.4. The van der Waals surface area contributed by atoms with Crippen LogP contribution in [0.25, 0.3) is 0 Å². The van der Waals surface area contributed by atoms with Crippen molar-refractivity contribution in [3.63, 3.8) is 0 Å². The molecule has 114 valence electrons. The molecule has 5 heteroatoms. The highest BCUT2D eigenvalue weighted by atomic mass is 16.3. The summed E-state index contributed by atoms with van der Waals surface area (Å²) >= 11 is 0. The van der Waals surface area contributed by atoms with Gasteiger partial charge in [-0.05, 0) is 30.5 Å². The average Bonchev–Trinajstić information content (AvgIpc) is 2.92. The Morgan fingerprint density at radius 3 is 2.95 bits per heavy atom. The van der Waals surface area contributed by atoms with Crippen LogP contribution in [0, 0.1) is 5.92 Å². The minimum Gasteiger partial charge on any atom is -0.508 e. The number of phenolic OH excluding ortho intramolecular Hbond substituents is 1. The van der Waals surface area contributed by atoms with Gasteiger partial charge in [-0.15, -0.1) is 0 Å². The van der Waals surface area contributed by atoms with Crippen molar-refractivity contribution in [2.45, 2.75) is 31.7 Å². The van der Waals surface area contributed by atoms with Gasteiger partial charge in [0.05, 0.1) is 24.3 Å². The Morgan fingerprint density at radius 1 is 1.36 bits per heavy atom. The molecule has 1 saturated carbocycles. The summed E-state index contributed by atoms with van der Waals surface area (Å²) in [6.07, 6.45) is 4.89. The van der Waals surface area contributed by atoms with E-state index in [-0.39, 0.29) is 23.5 Å². The van der Waals surface area contributed by atoms with E-state index in [4.69, 9.17) is 0 Å². The average molecular weight is 297 g/mol. The van der Waals surface area contributed by atoms with Gasteiger partial charge in [0.1, 0.15) is 5.75 Å². The van der Waals surface area contributed by atoms with Gasteiger partial charge in [0, 0.05) is 18.4 Å². The van der Waals surface area contributed by atoms with Gasteiger partial charge in [0.15, 0.2) is 0 Å². The van der Waals surface area contributed by atoms with E-state index in [1.54, 1.807) is 18.5 Å². The first-order chi connectivity index (χ1) is 10.7. The summed E-state index contributed by atoms with van der Waals surface area (Å²) in [7, 11) is 0. The molecule has 0 radical (unpaired) electrons. The Bertz CT molecular complexity index is 705. The number of aromatic nitrogens is 2. The minimum atomic E-state index is 0.0196. The normalized spacial score (nSPS) is 21.3. The number of hydrogen-bond donors (Lipinski definition) is 2. The Kier molecular flexibility index (Phi) is 3.13. The number of H-pyrrole nitrogens is 1. The van der Waals surface area contributed by atoms with Crippen molar-refractivity contribution in [1.82, 2.24) is 14.9 Å². The fourth-order valence-electron chi connectivity index (χ4n) is 3.41. The first-order valence-electron chi connectivity index (χ1n) is 7.82. The number of aromatic hydroxyl groups is 1. The SMILES string of the molecule is O=C(C1CCC1)N1Cc2[nH]cnc2C(c2cccc(O)c2)C1. The Morgan fingerprint density at radius 2 is 2.23 bits per heavy atom. The van der Waals surface area contributed by atoms with Crippen molar-refractivity contribution < 1.29 is 9.90 Å². The van der Waals surface area contributed by atoms with E-state index in [0.29, 0.717) is 13.1 Å². The lowest BCUT2D eigenvalue weighted by Crippen LogP contribution is -2.43. The third-order valence-electron chi connectivity index (χ3n) is 4.87. The smallest absolute Gasteiger partial charge is 0.226 e. The number of nitrogens with one attached hydrogen (secondary N) is 1. The number of nitrogens with zero attached hydrogens (tertiary/aromatic N) is 2. The third-order valence-corrected chi connectivity index (χ3v) is 4.87. The van der Waals surface area contributed by atoms with E-state index in [0.717, 1.165) is 36.2 Å². The lowest BCUT2D eigenvalue weighted by atomic mass is 9.83. The first-order valence-corrected chi connectivity index (χ1v) is 7.82. The molecule has 22 heavy (non-hydrogen) atoms. The van der Waals surface area contributed by atoms with Crippen LogP contribution in [-0.4, -0.2) is 32.4 Å². The topological polar surface area (TPSA) is 69.2 Å². The number of aromatic amines is 1. The van der Waals surface area contributed by atoms with E-state index in [2.05, 4.69) is 9.97 Å². The summed E-state index contributed by atoms with van der Waals surface area (Å²) in [5.74, 6) is 0.731. The van der Waals surface area contributed by atoms with Gasteiger partial charge >= 0.3 is 0 Å². The fraction of sp³-hybridized carbons (Fsp3) is 0.412. The summed E-state index contributed by atoms with van der Waals surface area (Å²) < 4.78 is 0. The number of phenols is 1. The van der Waals surface area contributed by atoms with Gasteiger partial charge in [-0.1, -0.05) is 18.6 Å². The van der Waals surface area contributed by atoms with Crippen molar-refractivity contribution in [1.29, 1.82) is 0 Å². The Balaban J connectivity index is 1.67. The highest BCUT2D eigenvalue weighted by Crippen LogP contribution is 2.35. The molecule has 0 spiro atoms. The maximum absolute atomic E-state index is 12.6. The molecule has 1 aromatic carbocycles. The zero-order valence-electron chi connectivity index (χ0n) is 12.3. The molecule has 1 fully saturated rings. The molecule has 1 aliphatic heterocycles. The third kappa shape index (κ3) is 2.17. The highest BCUT2D eigenvalue weighted by Gasteiger charge is 2.35. The molecule has 1 aromatic heterocycles. The summed E-state index contributed by atoms with van der Waals surface area (Å²) in [6.45, 7) is 1.25. The number of carbonyl (C=O) groups excluding carboxylic acids is 1. The van der Waals surface area contributed by atoms with Crippen LogP contribution in [0.15, 0.2) is 30.6 Å². The molecular formula is C17H19N3O2. The van der Waals surface area contributed by atoms with Crippen LogP contribution in [0.1, 0.15) is 42.1 Å². The summed E-state index contributed by atoms with van der Waals surface area (Å²) in [6, 6.07) is 7.25. The molecule has 1 amide bonds. The zero-order chi connectivity index (χ0) is 15.1. The van der Waals surface area contributed by atoms with E-state index < -0.39 is 0 Å². The maximum Gasteiger partial charge on any atom is 0.226 e. The lowest BCUT2D eigenvalue weighted by Gasteiger charge is -2.36. The molecule has 1 unspecified atom stereocenters. The van der Waals surface area contributed by atoms with Gasteiger partial charge in [-0.25, -0.2) is 4.98 Å². The van der Waals surface area contributed by atoms with Crippen molar-refractivity contribution >= 4 is 5.91 Å². The quantitative estimate of drug-likeness (QED) is 0.894. The second-order valence-corrected chi connectivity index (χ2v) is 6.26. The van der Waals surface area contributed by atoms with Crippen molar-refractivity contribution in [3.05, 3.63) is 47.5 Å². The van der Waals surface area contributed by atoms with Gasteiger partial charge in [-0.2, -0.15) is 0 Å². The molecule has 2 heterocycles. The van der Waals surface area contributed by atoms with Crippen molar-refractivity contribution in [3.8, 4) is 5.75 Å². The largest absolute Gasteiger partial charge is 0.508 e. The Labute approximate surface area is 129 Å². The molecule has 1 atom stereocenters.